The van der Waals surface area contributed by atoms with Crippen molar-refractivity contribution in [3.05, 3.63) is 23.8 Å². The molecule has 1 heterocycles. The van der Waals surface area contributed by atoms with Crippen LogP contribution in [-0.2, 0) is 6.42 Å². The van der Waals surface area contributed by atoms with Gasteiger partial charge >= 0.3 is 6.18 Å². The molecule has 1 aliphatic rings. The lowest BCUT2D eigenvalue weighted by molar-refractivity contribution is -0.132. The molecule has 22 heavy (non-hydrogen) atoms. The highest BCUT2D eigenvalue weighted by Crippen LogP contribution is 2.32. The van der Waals surface area contributed by atoms with Crippen LogP contribution in [0.2, 0.25) is 0 Å². The first-order valence-corrected chi connectivity index (χ1v) is 6.88. The van der Waals surface area contributed by atoms with Crippen LogP contribution >= 0.6 is 0 Å². The lowest BCUT2D eigenvalue weighted by atomic mass is 10.1. The molecule has 0 atom stereocenters. The summed E-state index contributed by atoms with van der Waals surface area (Å²) in [5.41, 5.74) is 1.04. The Bertz CT molecular complexity index is 533. The molecule has 0 saturated carbocycles. The third kappa shape index (κ3) is 5.01. The standard InChI is InChI=1S/C14H18F3N3O2/c1-18-13(20-7-5-14(15,16)17)19-6-4-10-2-3-11-12(8-10)22-9-21-11/h2-3,8H,4-7,9H2,1H3,(H2,18,19,20). The number of nitrogens with zero attached hydrogens (tertiary/aromatic N) is 1. The molecule has 0 saturated heterocycles. The lowest BCUT2D eigenvalue weighted by Crippen LogP contribution is -2.39. The molecule has 0 bridgehead atoms. The van der Waals surface area contributed by atoms with E-state index < -0.39 is 12.6 Å². The maximum absolute atomic E-state index is 12.1. The van der Waals surface area contributed by atoms with Gasteiger partial charge in [-0.1, -0.05) is 6.07 Å². The third-order valence-corrected chi connectivity index (χ3v) is 3.07. The second-order valence-electron chi connectivity index (χ2n) is 4.73. The Hall–Kier alpha value is -2.12. The number of fused-ring (bicyclic) bond motifs is 1. The number of aliphatic imine (C=N–C) groups is 1. The first-order chi connectivity index (χ1) is 10.5. The molecule has 8 heteroatoms. The number of hydrogen-bond donors (Lipinski definition) is 2. The van der Waals surface area contributed by atoms with Crippen molar-refractivity contribution in [3.63, 3.8) is 0 Å². The second-order valence-corrected chi connectivity index (χ2v) is 4.73. The van der Waals surface area contributed by atoms with Crippen molar-refractivity contribution in [1.29, 1.82) is 0 Å². The summed E-state index contributed by atoms with van der Waals surface area (Å²) in [6.07, 6.45) is -4.37. The molecule has 5 nitrogen and oxygen atoms in total. The molecule has 1 aromatic rings. The zero-order valence-electron chi connectivity index (χ0n) is 12.2. The predicted molar refractivity (Wildman–Crippen MR) is 76.3 cm³/mol. The van der Waals surface area contributed by atoms with Gasteiger partial charge in [-0.05, 0) is 24.1 Å². The largest absolute Gasteiger partial charge is 0.454 e. The topological polar surface area (TPSA) is 54.9 Å². The van der Waals surface area contributed by atoms with E-state index >= 15 is 0 Å². The van der Waals surface area contributed by atoms with E-state index in [1.165, 1.54) is 7.05 Å². The molecule has 0 aromatic heterocycles. The summed E-state index contributed by atoms with van der Waals surface area (Å²) < 4.78 is 46.7. The Labute approximate surface area is 126 Å². The molecule has 0 spiro atoms. The van der Waals surface area contributed by atoms with Crippen LogP contribution in [0.5, 0.6) is 11.5 Å². The van der Waals surface area contributed by atoms with Crippen LogP contribution in [0.4, 0.5) is 13.2 Å². The maximum Gasteiger partial charge on any atom is 0.390 e. The van der Waals surface area contributed by atoms with Crippen LogP contribution < -0.4 is 20.1 Å². The fourth-order valence-corrected chi connectivity index (χ4v) is 1.96. The second kappa shape index (κ2) is 7.24. The van der Waals surface area contributed by atoms with Crippen LogP contribution in [0.15, 0.2) is 23.2 Å². The maximum atomic E-state index is 12.1. The number of nitrogens with one attached hydrogen (secondary N) is 2. The zero-order valence-corrected chi connectivity index (χ0v) is 12.2. The minimum atomic E-state index is -4.17. The van der Waals surface area contributed by atoms with Crippen LogP contribution in [0.25, 0.3) is 0 Å². The van der Waals surface area contributed by atoms with Gasteiger partial charge in [-0.3, -0.25) is 4.99 Å². The lowest BCUT2D eigenvalue weighted by Gasteiger charge is -2.13. The van der Waals surface area contributed by atoms with Crippen LogP contribution in [0.3, 0.4) is 0 Å². The van der Waals surface area contributed by atoms with Crippen molar-refractivity contribution >= 4 is 5.96 Å². The molecular weight excluding hydrogens is 299 g/mol. The summed E-state index contributed by atoms with van der Waals surface area (Å²) in [4.78, 5) is 3.88. The zero-order chi connectivity index (χ0) is 16.0. The van der Waals surface area contributed by atoms with E-state index in [9.17, 15) is 13.2 Å². The number of benzene rings is 1. The van der Waals surface area contributed by atoms with E-state index in [1.54, 1.807) is 0 Å². The van der Waals surface area contributed by atoms with Crippen molar-refractivity contribution in [2.45, 2.75) is 19.0 Å². The fourth-order valence-electron chi connectivity index (χ4n) is 1.96. The SMILES string of the molecule is CN=C(NCCc1ccc2c(c1)OCO2)NCCC(F)(F)F. The molecular formula is C14H18F3N3O2. The highest BCUT2D eigenvalue weighted by atomic mass is 19.4. The van der Waals surface area contributed by atoms with Crippen molar-refractivity contribution in [2.75, 3.05) is 26.9 Å². The van der Waals surface area contributed by atoms with Crippen molar-refractivity contribution in [2.24, 2.45) is 4.99 Å². The van der Waals surface area contributed by atoms with Gasteiger partial charge in [0.1, 0.15) is 0 Å². The van der Waals surface area contributed by atoms with E-state index in [0.29, 0.717) is 24.7 Å². The van der Waals surface area contributed by atoms with Gasteiger partial charge in [0.15, 0.2) is 17.5 Å². The van der Waals surface area contributed by atoms with Gasteiger partial charge in [-0.2, -0.15) is 13.2 Å². The molecule has 0 radical (unpaired) electrons. The molecule has 2 N–H and O–H groups in total. The Kier molecular flexibility index (Phi) is 5.35. The van der Waals surface area contributed by atoms with E-state index in [-0.39, 0.29) is 13.3 Å². The highest BCUT2D eigenvalue weighted by Gasteiger charge is 2.26. The normalized spacial score (nSPS) is 14.1. The molecule has 0 aliphatic carbocycles. The van der Waals surface area contributed by atoms with Crippen LogP contribution in [-0.4, -0.2) is 39.1 Å². The Morgan fingerprint density at radius 3 is 2.64 bits per heavy atom. The van der Waals surface area contributed by atoms with Crippen molar-refractivity contribution < 1.29 is 22.6 Å². The number of alkyl halides is 3. The third-order valence-electron chi connectivity index (χ3n) is 3.07. The van der Waals surface area contributed by atoms with Gasteiger partial charge in [0.25, 0.3) is 0 Å². The molecule has 1 aromatic carbocycles. The molecule has 2 rings (SSSR count). The average Bonchev–Trinajstić information content (AvgIpc) is 2.92. The quantitative estimate of drug-likeness (QED) is 0.645. The minimum absolute atomic E-state index is 0.201. The summed E-state index contributed by atoms with van der Waals surface area (Å²) in [6.45, 7) is 0.575. The Balaban J connectivity index is 1.72. The summed E-state index contributed by atoms with van der Waals surface area (Å²) in [7, 11) is 1.52. The Morgan fingerprint density at radius 2 is 1.91 bits per heavy atom. The fraction of sp³-hybridized carbons (Fsp3) is 0.500. The van der Waals surface area contributed by atoms with E-state index in [0.717, 1.165) is 11.3 Å². The van der Waals surface area contributed by atoms with Crippen LogP contribution in [0, 0.1) is 0 Å². The summed E-state index contributed by atoms with van der Waals surface area (Å²) in [5.74, 6) is 1.79. The van der Waals surface area contributed by atoms with Gasteiger partial charge in [0.05, 0.1) is 6.42 Å². The monoisotopic (exact) mass is 317 g/mol. The van der Waals surface area contributed by atoms with E-state index in [1.807, 2.05) is 18.2 Å². The van der Waals surface area contributed by atoms with Gasteiger partial charge in [0, 0.05) is 20.1 Å². The van der Waals surface area contributed by atoms with Gasteiger partial charge in [0.2, 0.25) is 6.79 Å². The smallest absolute Gasteiger partial charge is 0.390 e. The van der Waals surface area contributed by atoms with Gasteiger partial charge in [-0.15, -0.1) is 0 Å². The number of guanidine groups is 1. The summed E-state index contributed by atoms with van der Waals surface area (Å²) >= 11 is 0. The summed E-state index contributed by atoms with van der Waals surface area (Å²) in [5, 5.41) is 5.60. The average molecular weight is 317 g/mol. The Morgan fingerprint density at radius 1 is 1.18 bits per heavy atom. The van der Waals surface area contributed by atoms with Crippen molar-refractivity contribution in [1.82, 2.24) is 10.6 Å². The number of hydrogen-bond acceptors (Lipinski definition) is 3. The minimum Gasteiger partial charge on any atom is -0.454 e. The van der Waals surface area contributed by atoms with Gasteiger partial charge < -0.3 is 20.1 Å². The van der Waals surface area contributed by atoms with Gasteiger partial charge in [-0.25, -0.2) is 0 Å². The molecule has 0 unspecified atom stereocenters. The highest BCUT2D eigenvalue weighted by molar-refractivity contribution is 5.79. The number of halogens is 3. The summed E-state index contributed by atoms with van der Waals surface area (Å²) in [6, 6.07) is 5.66. The first kappa shape index (κ1) is 16.3. The molecule has 122 valence electrons. The van der Waals surface area contributed by atoms with E-state index in [2.05, 4.69) is 15.6 Å². The first-order valence-electron chi connectivity index (χ1n) is 6.88. The number of rotatable bonds is 5. The number of ether oxygens (including phenoxy) is 2. The molecule has 1 aliphatic heterocycles. The van der Waals surface area contributed by atoms with E-state index in [4.69, 9.17) is 9.47 Å². The molecule has 0 fully saturated rings. The van der Waals surface area contributed by atoms with Crippen molar-refractivity contribution in [3.8, 4) is 11.5 Å². The predicted octanol–water partition coefficient (Wildman–Crippen LogP) is 2.08. The molecule has 0 amide bonds. The van der Waals surface area contributed by atoms with Crippen LogP contribution in [0.1, 0.15) is 12.0 Å².